The topological polar surface area (TPSA) is 34.9 Å². The number of benzene rings is 1. The predicted octanol–water partition coefficient (Wildman–Crippen LogP) is 2.58. The Bertz CT molecular complexity index is 565. The van der Waals surface area contributed by atoms with Gasteiger partial charge in [-0.15, -0.1) is 0 Å². The average molecular weight is 252 g/mol. The summed E-state index contributed by atoms with van der Waals surface area (Å²) in [7, 11) is 0. The second-order valence-corrected chi connectivity index (χ2v) is 4.24. The third kappa shape index (κ3) is 2.49. The molecular formula is C12H13FN2OS. The van der Waals surface area contributed by atoms with Crippen molar-refractivity contribution in [1.82, 2.24) is 9.55 Å². The zero-order chi connectivity index (χ0) is 12.4. The molecule has 0 saturated heterocycles. The summed E-state index contributed by atoms with van der Waals surface area (Å²) in [4.78, 5) is 15.3. The number of hydrogen-bond donors (Lipinski definition) is 1. The molecule has 0 aliphatic carbocycles. The number of thiol groups is 1. The molecular weight excluding hydrogens is 239 g/mol. The van der Waals surface area contributed by atoms with Gasteiger partial charge in [0.2, 0.25) is 0 Å². The van der Waals surface area contributed by atoms with E-state index in [1.165, 1.54) is 12.1 Å². The number of aryl methyl sites for hydroxylation is 1. The van der Waals surface area contributed by atoms with Crippen LogP contribution < -0.4 is 0 Å². The highest BCUT2D eigenvalue weighted by Crippen LogP contribution is 2.19. The molecule has 90 valence electrons. The first kappa shape index (κ1) is 12.1. The highest BCUT2D eigenvalue weighted by molar-refractivity contribution is 7.79. The van der Waals surface area contributed by atoms with E-state index in [9.17, 15) is 9.18 Å². The number of halogens is 1. The molecule has 0 aliphatic rings. The van der Waals surface area contributed by atoms with Crippen molar-refractivity contribution in [2.75, 3.05) is 0 Å². The first-order valence-corrected chi connectivity index (χ1v) is 6.00. The van der Waals surface area contributed by atoms with Gasteiger partial charge in [-0.3, -0.25) is 4.79 Å². The molecule has 0 N–H and O–H groups in total. The van der Waals surface area contributed by atoms with E-state index >= 15 is 0 Å². The van der Waals surface area contributed by atoms with E-state index in [1.807, 2.05) is 4.57 Å². The van der Waals surface area contributed by atoms with E-state index in [4.69, 9.17) is 0 Å². The van der Waals surface area contributed by atoms with Crippen LogP contribution in [0.3, 0.4) is 0 Å². The molecule has 2 rings (SSSR count). The lowest BCUT2D eigenvalue weighted by atomic mass is 10.3. The summed E-state index contributed by atoms with van der Waals surface area (Å²) in [5.74, 6) is 1.04. The van der Waals surface area contributed by atoms with Gasteiger partial charge in [0.25, 0.3) is 0 Å². The molecule has 1 aromatic carbocycles. The summed E-state index contributed by atoms with van der Waals surface area (Å²) in [5.41, 5.74) is 1.45. The van der Waals surface area contributed by atoms with Crippen molar-refractivity contribution in [3.05, 3.63) is 29.8 Å². The maximum Gasteiger partial charge on any atom is 0.131 e. The number of nitrogens with zero attached hydrogens (tertiary/aromatic N) is 2. The van der Waals surface area contributed by atoms with Crippen molar-refractivity contribution >= 4 is 29.4 Å². The maximum atomic E-state index is 13.1. The van der Waals surface area contributed by atoms with Crippen LogP contribution >= 0.6 is 12.6 Å². The van der Waals surface area contributed by atoms with E-state index in [-0.39, 0.29) is 11.6 Å². The Kier molecular flexibility index (Phi) is 3.47. The van der Waals surface area contributed by atoms with E-state index in [0.717, 1.165) is 11.3 Å². The minimum absolute atomic E-state index is 0.124. The van der Waals surface area contributed by atoms with Crippen LogP contribution in [0, 0.1) is 5.82 Å². The molecule has 0 spiro atoms. The summed E-state index contributed by atoms with van der Waals surface area (Å²) in [6, 6.07) is 4.48. The number of aromatic nitrogens is 2. The van der Waals surface area contributed by atoms with Crippen LogP contribution in [-0.2, 0) is 17.1 Å². The van der Waals surface area contributed by atoms with Gasteiger partial charge in [-0.1, -0.05) is 0 Å². The number of fused-ring (bicyclic) bond motifs is 1. The van der Waals surface area contributed by atoms with E-state index in [0.29, 0.717) is 24.2 Å². The number of imidazole rings is 1. The van der Waals surface area contributed by atoms with Crippen molar-refractivity contribution in [2.24, 2.45) is 0 Å². The van der Waals surface area contributed by atoms with Crippen molar-refractivity contribution in [1.29, 1.82) is 0 Å². The number of carbonyl (C=O) groups is 1. The molecule has 2 aromatic rings. The summed E-state index contributed by atoms with van der Waals surface area (Å²) >= 11 is 4.20. The van der Waals surface area contributed by atoms with Gasteiger partial charge in [0.15, 0.2) is 0 Å². The standard InChI is InChI=1S/C12H13FN2OS/c1-8(16)4-5-15-11-3-2-9(13)6-10(11)14-12(15)7-17/h2-3,6,17H,4-5,7H2,1H3. The van der Waals surface area contributed by atoms with Gasteiger partial charge >= 0.3 is 0 Å². The Balaban J connectivity index is 2.47. The summed E-state index contributed by atoms with van der Waals surface area (Å²) < 4.78 is 15.0. The van der Waals surface area contributed by atoms with Crippen LogP contribution in [-0.4, -0.2) is 15.3 Å². The van der Waals surface area contributed by atoms with Crippen molar-refractivity contribution in [3.8, 4) is 0 Å². The zero-order valence-corrected chi connectivity index (χ0v) is 10.4. The molecule has 5 heteroatoms. The van der Waals surface area contributed by atoms with Gasteiger partial charge in [0, 0.05) is 24.8 Å². The third-order valence-corrected chi connectivity index (χ3v) is 2.90. The Morgan fingerprint density at radius 3 is 2.94 bits per heavy atom. The van der Waals surface area contributed by atoms with Crippen LogP contribution in [0.5, 0.6) is 0 Å². The molecule has 0 radical (unpaired) electrons. The van der Waals surface area contributed by atoms with E-state index in [1.54, 1.807) is 13.0 Å². The second-order valence-electron chi connectivity index (χ2n) is 3.92. The quantitative estimate of drug-likeness (QED) is 0.849. The van der Waals surface area contributed by atoms with Crippen LogP contribution in [0.25, 0.3) is 11.0 Å². The number of carbonyl (C=O) groups excluding carboxylic acids is 1. The zero-order valence-electron chi connectivity index (χ0n) is 9.48. The molecule has 3 nitrogen and oxygen atoms in total. The van der Waals surface area contributed by atoms with Crippen LogP contribution in [0.15, 0.2) is 18.2 Å². The Hall–Kier alpha value is -1.36. The van der Waals surface area contributed by atoms with Crippen LogP contribution in [0.4, 0.5) is 4.39 Å². The first-order valence-electron chi connectivity index (χ1n) is 5.37. The Labute approximate surface area is 104 Å². The first-order chi connectivity index (χ1) is 8.11. The third-order valence-electron chi connectivity index (χ3n) is 2.62. The van der Waals surface area contributed by atoms with Crippen LogP contribution in [0.1, 0.15) is 19.2 Å². The minimum atomic E-state index is -0.306. The van der Waals surface area contributed by atoms with Gasteiger partial charge in [-0.2, -0.15) is 12.6 Å². The number of Topliss-reactive ketones (excluding diaryl/α,β-unsaturated/α-hetero) is 1. The SMILES string of the molecule is CC(=O)CCn1c(CS)nc2cc(F)ccc21. The molecule has 0 unspecified atom stereocenters. The molecule has 0 atom stereocenters. The predicted molar refractivity (Wildman–Crippen MR) is 67.7 cm³/mol. The fourth-order valence-corrected chi connectivity index (χ4v) is 2.03. The lowest BCUT2D eigenvalue weighted by molar-refractivity contribution is -0.117. The highest BCUT2D eigenvalue weighted by Gasteiger charge is 2.10. The fourth-order valence-electron chi connectivity index (χ4n) is 1.79. The molecule has 17 heavy (non-hydrogen) atoms. The van der Waals surface area contributed by atoms with Gasteiger partial charge in [-0.25, -0.2) is 9.37 Å². The molecule has 0 fully saturated rings. The monoisotopic (exact) mass is 252 g/mol. The Morgan fingerprint density at radius 1 is 1.53 bits per heavy atom. The number of ketones is 1. The Morgan fingerprint density at radius 2 is 2.29 bits per heavy atom. The molecule has 1 heterocycles. The lowest BCUT2D eigenvalue weighted by Crippen LogP contribution is -2.05. The second kappa shape index (κ2) is 4.87. The van der Waals surface area contributed by atoms with Crippen molar-refractivity contribution in [2.45, 2.75) is 25.6 Å². The smallest absolute Gasteiger partial charge is 0.131 e. The average Bonchev–Trinajstić information content (AvgIpc) is 2.63. The summed E-state index contributed by atoms with van der Waals surface area (Å²) in [5, 5.41) is 0. The fraction of sp³-hybridized carbons (Fsp3) is 0.333. The van der Waals surface area contributed by atoms with Crippen LogP contribution in [0.2, 0.25) is 0 Å². The number of rotatable bonds is 4. The van der Waals surface area contributed by atoms with Gasteiger partial charge in [0.1, 0.15) is 17.4 Å². The van der Waals surface area contributed by atoms with Gasteiger partial charge in [-0.05, 0) is 19.1 Å². The minimum Gasteiger partial charge on any atom is -0.327 e. The molecule has 1 aromatic heterocycles. The van der Waals surface area contributed by atoms with E-state index < -0.39 is 0 Å². The number of hydrogen-bond acceptors (Lipinski definition) is 3. The largest absolute Gasteiger partial charge is 0.327 e. The maximum absolute atomic E-state index is 13.1. The molecule has 0 amide bonds. The molecule has 0 aliphatic heterocycles. The van der Waals surface area contributed by atoms with Gasteiger partial charge < -0.3 is 4.57 Å². The lowest BCUT2D eigenvalue weighted by Gasteiger charge is -2.05. The molecule has 0 saturated carbocycles. The van der Waals surface area contributed by atoms with Crippen molar-refractivity contribution in [3.63, 3.8) is 0 Å². The summed E-state index contributed by atoms with van der Waals surface area (Å²) in [6.45, 7) is 2.12. The normalized spacial score (nSPS) is 11.0. The van der Waals surface area contributed by atoms with Gasteiger partial charge in [0.05, 0.1) is 11.0 Å². The molecule has 0 bridgehead atoms. The van der Waals surface area contributed by atoms with E-state index in [2.05, 4.69) is 17.6 Å². The summed E-state index contributed by atoms with van der Waals surface area (Å²) in [6.07, 6.45) is 0.448. The highest BCUT2D eigenvalue weighted by atomic mass is 32.1. The van der Waals surface area contributed by atoms with Crippen molar-refractivity contribution < 1.29 is 9.18 Å².